The molecule has 0 aliphatic heterocycles. The summed E-state index contributed by atoms with van der Waals surface area (Å²) in [6.45, 7) is 4.49. The van der Waals surface area contributed by atoms with Crippen LogP contribution in [0.3, 0.4) is 0 Å². The summed E-state index contributed by atoms with van der Waals surface area (Å²) in [6.07, 6.45) is 0. The fourth-order valence-electron chi connectivity index (χ4n) is 2.14. The summed E-state index contributed by atoms with van der Waals surface area (Å²) in [5.74, 6) is 1.56. The summed E-state index contributed by atoms with van der Waals surface area (Å²) >= 11 is 3.47. The lowest BCUT2D eigenvalue weighted by Crippen LogP contribution is -2.01. The molecule has 0 unspecified atom stereocenters. The fraction of sp³-hybridized carbons (Fsp3) is 0.250. The van der Waals surface area contributed by atoms with E-state index in [-0.39, 0.29) is 0 Å². The molecule has 20 heavy (non-hydrogen) atoms. The summed E-state index contributed by atoms with van der Waals surface area (Å²) in [7, 11) is 1.65. The highest BCUT2D eigenvalue weighted by molar-refractivity contribution is 9.10. The predicted molar refractivity (Wildman–Crippen MR) is 85.4 cm³/mol. The third-order valence-electron chi connectivity index (χ3n) is 3.05. The molecule has 2 N–H and O–H groups in total. The molecule has 0 aliphatic carbocycles. The van der Waals surface area contributed by atoms with Gasteiger partial charge in [-0.15, -0.1) is 0 Å². The topological polar surface area (TPSA) is 44.5 Å². The van der Waals surface area contributed by atoms with Crippen molar-refractivity contribution in [1.82, 2.24) is 0 Å². The fourth-order valence-corrected chi connectivity index (χ4v) is 2.73. The van der Waals surface area contributed by atoms with Gasteiger partial charge >= 0.3 is 0 Å². The van der Waals surface area contributed by atoms with Gasteiger partial charge in [0.1, 0.15) is 18.1 Å². The smallest absolute Gasteiger partial charge is 0.145 e. The second-order valence-electron chi connectivity index (χ2n) is 4.76. The van der Waals surface area contributed by atoms with Crippen molar-refractivity contribution >= 4 is 21.6 Å². The van der Waals surface area contributed by atoms with Gasteiger partial charge in [0.05, 0.1) is 17.3 Å². The van der Waals surface area contributed by atoms with E-state index in [2.05, 4.69) is 22.0 Å². The third-order valence-corrected chi connectivity index (χ3v) is 3.67. The number of ether oxygens (including phenoxy) is 2. The number of benzene rings is 2. The van der Waals surface area contributed by atoms with Crippen LogP contribution >= 0.6 is 15.9 Å². The van der Waals surface area contributed by atoms with E-state index in [1.54, 1.807) is 7.11 Å². The lowest BCUT2D eigenvalue weighted by Gasteiger charge is -2.13. The van der Waals surface area contributed by atoms with Gasteiger partial charge in [0.15, 0.2) is 0 Å². The SMILES string of the molecule is COc1ccc(COc2c(C)cc(C)cc2N)cc1Br. The average molecular weight is 336 g/mol. The van der Waals surface area contributed by atoms with Gasteiger partial charge in [-0.3, -0.25) is 0 Å². The highest BCUT2D eigenvalue weighted by Crippen LogP contribution is 2.30. The van der Waals surface area contributed by atoms with Crippen molar-refractivity contribution < 1.29 is 9.47 Å². The number of methoxy groups -OCH3 is 1. The lowest BCUT2D eigenvalue weighted by molar-refractivity contribution is 0.305. The number of nitrogens with two attached hydrogens (primary N) is 1. The Morgan fingerprint density at radius 3 is 2.50 bits per heavy atom. The second-order valence-corrected chi connectivity index (χ2v) is 5.61. The summed E-state index contributed by atoms with van der Waals surface area (Å²) < 4.78 is 12.0. The Labute approximate surface area is 127 Å². The van der Waals surface area contributed by atoms with Crippen LogP contribution in [-0.4, -0.2) is 7.11 Å². The molecule has 0 saturated heterocycles. The molecule has 0 spiro atoms. The van der Waals surface area contributed by atoms with Crippen molar-refractivity contribution in [3.63, 3.8) is 0 Å². The van der Waals surface area contributed by atoms with Gasteiger partial charge in [-0.2, -0.15) is 0 Å². The maximum Gasteiger partial charge on any atom is 0.145 e. The first kappa shape index (κ1) is 14.7. The van der Waals surface area contributed by atoms with Crippen molar-refractivity contribution in [2.24, 2.45) is 0 Å². The molecule has 2 rings (SSSR count). The quantitative estimate of drug-likeness (QED) is 0.850. The molecule has 2 aromatic rings. The molecule has 0 bridgehead atoms. The molecule has 3 nitrogen and oxygen atoms in total. The van der Waals surface area contributed by atoms with E-state index in [1.807, 2.05) is 38.1 Å². The molecule has 0 amide bonds. The van der Waals surface area contributed by atoms with E-state index in [4.69, 9.17) is 15.2 Å². The summed E-state index contributed by atoms with van der Waals surface area (Å²) in [4.78, 5) is 0. The van der Waals surface area contributed by atoms with Crippen LogP contribution in [0.15, 0.2) is 34.8 Å². The Bertz CT molecular complexity index is 603. The zero-order chi connectivity index (χ0) is 14.7. The first-order valence-corrected chi connectivity index (χ1v) is 7.12. The summed E-state index contributed by atoms with van der Waals surface area (Å²) in [6, 6.07) is 9.86. The average Bonchev–Trinajstić information content (AvgIpc) is 2.37. The molecule has 0 fully saturated rings. The first-order chi connectivity index (χ1) is 9.51. The minimum absolute atomic E-state index is 0.469. The largest absolute Gasteiger partial charge is 0.496 e. The number of anilines is 1. The minimum atomic E-state index is 0.469. The standard InChI is InChI=1S/C16H18BrNO2/c1-10-6-11(2)16(14(18)7-10)20-9-12-4-5-15(19-3)13(17)8-12/h4-8H,9,18H2,1-3H3. The van der Waals surface area contributed by atoms with E-state index in [0.29, 0.717) is 12.3 Å². The second kappa shape index (κ2) is 6.18. The Kier molecular flexibility index (Phi) is 4.55. The molecule has 2 aromatic carbocycles. The Morgan fingerprint density at radius 1 is 1.15 bits per heavy atom. The van der Waals surface area contributed by atoms with Crippen molar-refractivity contribution in [2.75, 3.05) is 12.8 Å². The molecule has 0 aromatic heterocycles. The van der Waals surface area contributed by atoms with Crippen LogP contribution in [0.1, 0.15) is 16.7 Å². The molecule has 0 heterocycles. The predicted octanol–water partition coefficient (Wildman–Crippen LogP) is 4.24. The zero-order valence-electron chi connectivity index (χ0n) is 11.9. The van der Waals surface area contributed by atoms with Crippen LogP contribution in [-0.2, 0) is 6.61 Å². The van der Waals surface area contributed by atoms with Gasteiger partial charge in [-0.25, -0.2) is 0 Å². The number of nitrogen functional groups attached to an aromatic ring is 1. The van der Waals surface area contributed by atoms with Crippen LogP contribution in [0, 0.1) is 13.8 Å². The first-order valence-electron chi connectivity index (χ1n) is 6.33. The zero-order valence-corrected chi connectivity index (χ0v) is 13.5. The van der Waals surface area contributed by atoms with Crippen molar-refractivity contribution in [2.45, 2.75) is 20.5 Å². The molecule has 106 valence electrons. The monoisotopic (exact) mass is 335 g/mol. The van der Waals surface area contributed by atoms with Crippen molar-refractivity contribution in [3.05, 3.63) is 51.5 Å². The summed E-state index contributed by atoms with van der Waals surface area (Å²) in [5, 5.41) is 0. The van der Waals surface area contributed by atoms with E-state index < -0.39 is 0 Å². The number of hydrogen-bond acceptors (Lipinski definition) is 3. The van der Waals surface area contributed by atoms with Gasteiger partial charge < -0.3 is 15.2 Å². The van der Waals surface area contributed by atoms with Gasteiger partial charge in [-0.05, 0) is 64.7 Å². The van der Waals surface area contributed by atoms with Gasteiger partial charge in [0.25, 0.3) is 0 Å². The van der Waals surface area contributed by atoms with E-state index >= 15 is 0 Å². The van der Waals surface area contributed by atoms with Gasteiger partial charge in [-0.1, -0.05) is 12.1 Å². The normalized spacial score (nSPS) is 10.4. The number of aryl methyl sites for hydroxylation is 2. The van der Waals surface area contributed by atoms with Crippen LogP contribution in [0.4, 0.5) is 5.69 Å². The number of hydrogen-bond donors (Lipinski definition) is 1. The molecule has 4 heteroatoms. The molecule has 0 radical (unpaired) electrons. The Morgan fingerprint density at radius 2 is 1.90 bits per heavy atom. The highest BCUT2D eigenvalue weighted by Gasteiger charge is 2.07. The van der Waals surface area contributed by atoms with Crippen LogP contribution in [0.5, 0.6) is 11.5 Å². The number of halogens is 1. The van der Waals surface area contributed by atoms with Crippen LogP contribution in [0.25, 0.3) is 0 Å². The third kappa shape index (κ3) is 3.25. The maximum absolute atomic E-state index is 6.01. The van der Waals surface area contributed by atoms with Gasteiger partial charge in [0.2, 0.25) is 0 Å². The molecule has 0 atom stereocenters. The Balaban J connectivity index is 2.15. The van der Waals surface area contributed by atoms with Crippen LogP contribution < -0.4 is 15.2 Å². The molecular formula is C16H18BrNO2. The van der Waals surface area contributed by atoms with Gasteiger partial charge in [0, 0.05) is 0 Å². The van der Waals surface area contributed by atoms with E-state index in [9.17, 15) is 0 Å². The van der Waals surface area contributed by atoms with Crippen molar-refractivity contribution in [1.29, 1.82) is 0 Å². The molecule has 0 aliphatic rings. The van der Waals surface area contributed by atoms with Crippen molar-refractivity contribution in [3.8, 4) is 11.5 Å². The lowest BCUT2D eigenvalue weighted by atomic mass is 10.1. The minimum Gasteiger partial charge on any atom is -0.496 e. The van der Waals surface area contributed by atoms with E-state index in [0.717, 1.165) is 32.7 Å². The Hall–Kier alpha value is -1.68. The highest BCUT2D eigenvalue weighted by atomic mass is 79.9. The number of rotatable bonds is 4. The van der Waals surface area contributed by atoms with Crippen LogP contribution in [0.2, 0.25) is 0 Å². The molecule has 0 saturated carbocycles. The summed E-state index contributed by atoms with van der Waals surface area (Å²) in [5.41, 5.74) is 9.93. The molecular weight excluding hydrogens is 318 g/mol. The van der Waals surface area contributed by atoms with E-state index in [1.165, 1.54) is 0 Å². The maximum atomic E-state index is 6.01.